The Labute approximate surface area is 140 Å². The molecular formula is C20H19FN2O. The predicted molar refractivity (Wildman–Crippen MR) is 93.1 cm³/mol. The van der Waals surface area contributed by atoms with E-state index in [1.165, 1.54) is 28.8 Å². The first kappa shape index (κ1) is 16.1. The number of hydrogen-bond donors (Lipinski definition) is 0. The molecule has 0 spiro atoms. The third-order valence-electron chi connectivity index (χ3n) is 4.18. The van der Waals surface area contributed by atoms with E-state index in [1.807, 2.05) is 19.1 Å². The first-order chi connectivity index (χ1) is 11.5. The standard InChI is InChI=1S/C20H19FN2O/c1-13-5-4-6-17(15(13)3)12-20-23-22-19(24-20)10-8-16-7-9-18(21)11-14(16)2/h4-11H,12H2,1-3H3/b10-8+. The van der Waals surface area contributed by atoms with Crippen molar-refractivity contribution in [2.75, 3.05) is 0 Å². The Morgan fingerprint density at radius 2 is 1.83 bits per heavy atom. The molecule has 0 amide bonds. The van der Waals surface area contributed by atoms with Crippen LogP contribution in [0.3, 0.4) is 0 Å². The van der Waals surface area contributed by atoms with Crippen molar-refractivity contribution in [1.29, 1.82) is 0 Å². The van der Waals surface area contributed by atoms with E-state index in [4.69, 9.17) is 4.42 Å². The summed E-state index contributed by atoms with van der Waals surface area (Å²) in [7, 11) is 0. The Hall–Kier alpha value is -2.75. The monoisotopic (exact) mass is 322 g/mol. The van der Waals surface area contributed by atoms with Gasteiger partial charge in [-0.3, -0.25) is 0 Å². The maximum Gasteiger partial charge on any atom is 0.240 e. The van der Waals surface area contributed by atoms with Gasteiger partial charge in [-0.2, -0.15) is 0 Å². The van der Waals surface area contributed by atoms with Crippen molar-refractivity contribution in [1.82, 2.24) is 10.2 Å². The summed E-state index contributed by atoms with van der Waals surface area (Å²) in [6, 6.07) is 10.9. The average Bonchev–Trinajstić information content (AvgIpc) is 2.99. The minimum Gasteiger partial charge on any atom is -0.421 e. The molecule has 4 heteroatoms. The highest BCUT2D eigenvalue weighted by Gasteiger charge is 2.08. The van der Waals surface area contributed by atoms with E-state index in [-0.39, 0.29) is 5.82 Å². The van der Waals surface area contributed by atoms with E-state index in [0.29, 0.717) is 18.2 Å². The molecule has 1 heterocycles. The summed E-state index contributed by atoms with van der Waals surface area (Å²) in [5, 5.41) is 8.15. The van der Waals surface area contributed by atoms with Crippen LogP contribution in [0.25, 0.3) is 12.2 Å². The van der Waals surface area contributed by atoms with Crippen LogP contribution in [0.5, 0.6) is 0 Å². The Balaban J connectivity index is 1.76. The lowest BCUT2D eigenvalue weighted by molar-refractivity contribution is 0.496. The number of aryl methyl sites for hydroxylation is 2. The van der Waals surface area contributed by atoms with Crippen molar-refractivity contribution >= 4 is 12.2 Å². The van der Waals surface area contributed by atoms with Crippen LogP contribution < -0.4 is 0 Å². The second-order valence-corrected chi connectivity index (χ2v) is 5.90. The van der Waals surface area contributed by atoms with Crippen LogP contribution >= 0.6 is 0 Å². The van der Waals surface area contributed by atoms with Gasteiger partial charge in [-0.25, -0.2) is 4.39 Å². The zero-order valence-corrected chi connectivity index (χ0v) is 14.0. The fourth-order valence-electron chi connectivity index (χ4n) is 2.56. The quantitative estimate of drug-likeness (QED) is 0.686. The van der Waals surface area contributed by atoms with Gasteiger partial charge in [0, 0.05) is 6.08 Å². The molecule has 0 aliphatic heterocycles. The molecule has 0 unspecified atom stereocenters. The summed E-state index contributed by atoms with van der Waals surface area (Å²) >= 11 is 0. The fourth-order valence-corrected chi connectivity index (χ4v) is 2.56. The van der Waals surface area contributed by atoms with Crippen molar-refractivity contribution in [2.24, 2.45) is 0 Å². The SMILES string of the molecule is Cc1cc(F)ccc1/C=C/c1nnc(Cc2cccc(C)c2C)o1. The number of halogens is 1. The molecule has 0 atom stereocenters. The fraction of sp³-hybridized carbons (Fsp3) is 0.200. The van der Waals surface area contributed by atoms with Gasteiger partial charge in [0.1, 0.15) is 5.82 Å². The Morgan fingerprint density at radius 1 is 1.00 bits per heavy atom. The largest absolute Gasteiger partial charge is 0.421 e. The van der Waals surface area contributed by atoms with Crippen LogP contribution in [-0.4, -0.2) is 10.2 Å². The smallest absolute Gasteiger partial charge is 0.240 e. The van der Waals surface area contributed by atoms with E-state index < -0.39 is 0 Å². The highest BCUT2D eigenvalue weighted by atomic mass is 19.1. The average molecular weight is 322 g/mol. The van der Waals surface area contributed by atoms with E-state index in [1.54, 1.807) is 12.1 Å². The molecule has 0 bridgehead atoms. The molecule has 0 aliphatic carbocycles. The number of rotatable bonds is 4. The second kappa shape index (κ2) is 6.79. The molecule has 0 saturated heterocycles. The van der Waals surface area contributed by atoms with Gasteiger partial charge in [0.05, 0.1) is 6.42 Å². The van der Waals surface area contributed by atoms with Crippen molar-refractivity contribution in [2.45, 2.75) is 27.2 Å². The molecule has 0 radical (unpaired) electrons. The zero-order valence-electron chi connectivity index (χ0n) is 14.0. The van der Waals surface area contributed by atoms with Gasteiger partial charge in [-0.1, -0.05) is 24.3 Å². The lowest BCUT2D eigenvalue weighted by atomic mass is 10.0. The minimum absolute atomic E-state index is 0.238. The number of nitrogens with zero attached hydrogens (tertiary/aromatic N) is 2. The molecule has 24 heavy (non-hydrogen) atoms. The normalized spacial score (nSPS) is 11.3. The van der Waals surface area contributed by atoms with E-state index in [0.717, 1.165) is 11.1 Å². The van der Waals surface area contributed by atoms with Gasteiger partial charge >= 0.3 is 0 Å². The molecule has 3 nitrogen and oxygen atoms in total. The molecule has 0 aliphatic rings. The number of hydrogen-bond acceptors (Lipinski definition) is 3. The summed E-state index contributed by atoms with van der Waals surface area (Å²) in [6.07, 6.45) is 4.22. The van der Waals surface area contributed by atoms with Crippen molar-refractivity contribution in [3.63, 3.8) is 0 Å². The van der Waals surface area contributed by atoms with E-state index >= 15 is 0 Å². The Bertz CT molecular complexity index is 896. The summed E-state index contributed by atoms with van der Waals surface area (Å²) in [4.78, 5) is 0. The molecular weight excluding hydrogens is 303 g/mol. The zero-order chi connectivity index (χ0) is 17.1. The molecule has 0 fully saturated rings. The van der Waals surface area contributed by atoms with Gasteiger partial charge in [0.15, 0.2) is 0 Å². The van der Waals surface area contributed by atoms with Crippen LogP contribution in [0.4, 0.5) is 4.39 Å². The number of benzene rings is 2. The minimum atomic E-state index is -0.238. The van der Waals surface area contributed by atoms with Gasteiger partial charge in [-0.05, 0) is 66.8 Å². The van der Waals surface area contributed by atoms with E-state index in [2.05, 4.69) is 36.2 Å². The lowest BCUT2D eigenvalue weighted by Crippen LogP contribution is -1.94. The Morgan fingerprint density at radius 3 is 2.62 bits per heavy atom. The molecule has 122 valence electrons. The first-order valence-corrected chi connectivity index (χ1v) is 7.84. The van der Waals surface area contributed by atoms with Crippen molar-refractivity contribution in [3.05, 3.63) is 81.8 Å². The molecule has 2 aromatic carbocycles. The molecule has 0 N–H and O–H groups in total. The molecule has 3 rings (SSSR count). The van der Waals surface area contributed by atoms with Crippen LogP contribution in [0.15, 0.2) is 40.8 Å². The summed E-state index contributed by atoms with van der Waals surface area (Å²) in [5.41, 5.74) is 5.46. The third kappa shape index (κ3) is 3.59. The topological polar surface area (TPSA) is 38.9 Å². The first-order valence-electron chi connectivity index (χ1n) is 7.84. The van der Waals surface area contributed by atoms with Gasteiger partial charge in [0.2, 0.25) is 11.8 Å². The maximum absolute atomic E-state index is 13.1. The summed E-state index contributed by atoms with van der Waals surface area (Å²) in [5.74, 6) is 0.788. The summed E-state index contributed by atoms with van der Waals surface area (Å²) in [6.45, 7) is 6.05. The van der Waals surface area contributed by atoms with Crippen molar-refractivity contribution in [3.8, 4) is 0 Å². The highest BCUT2D eigenvalue weighted by Crippen LogP contribution is 2.18. The number of aromatic nitrogens is 2. The Kier molecular flexibility index (Phi) is 4.56. The second-order valence-electron chi connectivity index (χ2n) is 5.90. The van der Waals surface area contributed by atoms with Gasteiger partial charge in [0.25, 0.3) is 0 Å². The summed E-state index contributed by atoms with van der Waals surface area (Å²) < 4.78 is 18.8. The van der Waals surface area contributed by atoms with Crippen LogP contribution in [0, 0.1) is 26.6 Å². The van der Waals surface area contributed by atoms with Crippen LogP contribution in [-0.2, 0) is 6.42 Å². The molecule has 1 aromatic heterocycles. The van der Waals surface area contributed by atoms with Crippen LogP contribution in [0.2, 0.25) is 0 Å². The van der Waals surface area contributed by atoms with Gasteiger partial charge < -0.3 is 4.42 Å². The van der Waals surface area contributed by atoms with Crippen LogP contribution in [0.1, 0.15) is 39.6 Å². The molecule has 0 saturated carbocycles. The highest BCUT2D eigenvalue weighted by molar-refractivity contribution is 5.67. The van der Waals surface area contributed by atoms with Gasteiger partial charge in [-0.15, -0.1) is 10.2 Å². The lowest BCUT2D eigenvalue weighted by Gasteiger charge is -2.05. The maximum atomic E-state index is 13.1. The van der Waals surface area contributed by atoms with E-state index in [9.17, 15) is 4.39 Å². The predicted octanol–water partition coefficient (Wildman–Crippen LogP) is 4.90. The van der Waals surface area contributed by atoms with Crippen molar-refractivity contribution < 1.29 is 8.81 Å². The molecule has 3 aromatic rings. The third-order valence-corrected chi connectivity index (χ3v) is 4.18.